The van der Waals surface area contributed by atoms with Gasteiger partial charge in [0.25, 0.3) is 5.88 Å². The van der Waals surface area contributed by atoms with Gasteiger partial charge in [0, 0.05) is 29.9 Å². The Hall–Kier alpha value is -3.88. The second kappa shape index (κ2) is 7.27. The van der Waals surface area contributed by atoms with Crippen LogP contribution in [-0.4, -0.2) is 49.4 Å². The van der Waals surface area contributed by atoms with E-state index in [1.165, 1.54) is 7.11 Å². The van der Waals surface area contributed by atoms with Crippen LogP contribution in [0.2, 0.25) is 0 Å². The first-order valence-corrected chi connectivity index (χ1v) is 8.86. The Kier molecular flexibility index (Phi) is 4.63. The number of rotatable bonds is 6. The summed E-state index contributed by atoms with van der Waals surface area (Å²) in [5.74, 6) is 0.995. The van der Waals surface area contributed by atoms with Gasteiger partial charge in [-0.1, -0.05) is 0 Å². The van der Waals surface area contributed by atoms with Crippen LogP contribution in [0, 0.1) is 5.41 Å². The normalized spacial score (nSPS) is 11.0. The summed E-state index contributed by atoms with van der Waals surface area (Å²) in [4.78, 5) is 8.91. The van der Waals surface area contributed by atoms with E-state index in [0.717, 1.165) is 5.56 Å². The molecule has 0 aliphatic carbocycles. The number of fused-ring (bicyclic) bond motifs is 1. The maximum absolute atomic E-state index is 10.6. The summed E-state index contributed by atoms with van der Waals surface area (Å²) in [5.41, 5.74) is 3.28. The van der Waals surface area contributed by atoms with Crippen molar-refractivity contribution in [2.75, 3.05) is 14.2 Å². The molecule has 0 saturated heterocycles. The molecular weight excluding hydrogens is 372 g/mol. The first kappa shape index (κ1) is 18.5. The lowest BCUT2D eigenvalue weighted by Crippen LogP contribution is -2.05. The third-order valence-electron chi connectivity index (χ3n) is 4.47. The van der Waals surface area contributed by atoms with E-state index in [0.29, 0.717) is 46.2 Å². The summed E-state index contributed by atoms with van der Waals surface area (Å²) in [7, 11) is 3.09. The van der Waals surface area contributed by atoms with Gasteiger partial charge in [-0.15, -0.1) is 0 Å². The number of pyridine rings is 2. The molecule has 148 valence electrons. The first-order chi connectivity index (χ1) is 14.0. The smallest absolute Gasteiger partial charge is 0.256 e. The van der Waals surface area contributed by atoms with E-state index in [4.69, 9.17) is 14.9 Å². The molecule has 0 fully saturated rings. The van der Waals surface area contributed by atoms with Crippen molar-refractivity contribution in [1.82, 2.24) is 24.3 Å². The fourth-order valence-corrected chi connectivity index (χ4v) is 3.11. The van der Waals surface area contributed by atoms with E-state index in [9.17, 15) is 5.11 Å². The Morgan fingerprint density at radius 2 is 2.00 bits per heavy atom. The zero-order chi connectivity index (χ0) is 20.5. The highest BCUT2D eigenvalue weighted by molar-refractivity contribution is 5.87. The Bertz CT molecular complexity index is 1210. The van der Waals surface area contributed by atoms with Gasteiger partial charge in [0.2, 0.25) is 5.88 Å². The highest BCUT2D eigenvalue weighted by Gasteiger charge is 2.15. The first-order valence-electron chi connectivity index (χ1n) is 8.86. The largest absolute Gasteiger partial charge is 0.494 e. The van der Waals surface area contributed by atoms with Crippen molar-refractivity contribution >= 4 is 16.6 Å². The molecule has 0 aromatic carbocycles. The van der Waals surface area contributed by atoms with Crippen molar-refractivity contribution in [3.63, 3.8) is 0 Å². The fraction of sp³-hybridized carbons (Fsp3) is 0.200. The summed E-state index contributed by atoms with van der Waals surface area (Å²) >= 11 is 0. The third kappa shape index (κ3) is 3.38. The zero-order valence-electron chi connectivity index (χ0n) is 16.2. The molecule has 4 aromatic rings. The molecule has 0 bridgehead atoms. The molecule has 2 N–H and O–H groups in total. The summed E-state index contributed by atoms with van der Waals surface area (Å²) in [6.45, 7) is 2.12. The SMILES string of the molecule is COc1cc(-c2ccc3c(O)n(-c4cnn(CC(C)=N)c4)cc3n2)cnc1OC. The molecule has 9 heteroatoms. The minimum atomic E-state index is 0.0793. The number of nitrogens with one attached hydrogen (secondary N) is 1. The van der Waals surface area contributed by atoms with E-state index in [-0.39, 0.29) is 5.88 Å². The lowest BCUT2D eigenvalue weighted by atomic mass is 10.1. The molecule has 0 aliphatic heterocycles. The second-order valence-corrected chi connectivity index (χ2v) is 6.56. The molecule has 0 saturated carbocycles. The monoisotopic (exact) mass is 392 g/mol. The van der Waals surface area contributed by atoms with E-state index < -0.39 is 0 Å². The van der Waals surface area contributed by atoms with E-state index in [1.54, 1.807) is 54.1 Å². The highest BCUT2D eigenvalue weighted by Crippen LogP contribution is 2.33. The van der Waals surface area contributed by atoms with Crippen LogP contribution in [0.15, 0.2) is 43.0 Å². The maximum Gasteiger partial charge on any atom is 0.256 e. The number of aromatic hydroxyl groups is 1. The van der Waals surface area contributed by atoms with E-state index in [1.807, 2.05) is 12.1 Å². The summed E-state index contributed by atoms with van der Waals surface area (Å²) in [6, 6.07) is 5.43. The van der Waals surface area contributed by atoms with Gasteiger partial charge in [0.15, 0.2) is 5.75 Å². The standard InChI is InChI=1S/C20H20N6O3/c1-12(21)9-25-10-14(8-23-25)26-11-17-15(20(26)27)4-5-16(24-17)13-6-18(28-2)19(29-3)22-7-13/h4-8,10-11,21,27H,9H2,1-3H3. The minimum Gasteiger partial charge on any atom is -0.494 e. The van der Waals surface area contributed by atoms with Crippen molar-refractivity contribution in [2.24, 2.45) is 0 Å². The topological polar surface area (TPSA) is 111 Å². The van der Waals surface area contributed by atoms with Gasteiger partial charge in [0.05, 0.1) is 49.2 Å². The van der Waals surface area contributed by atoms with Crippen LogP contribution in [-0.2, 0) is 6.54 Å². The van der Waals surface area contributed by atoms with Gasteiger partial charge in [0.1, 0.15) is 0 Å². The van der Waals surface area contributed by atoms with E-state index >= 15 is 0 Å². The molecule has 29 heavy (non-hydrogen) atoms. The van der Waals surface area contributed by atoms with Gasteiger partial charge in [-0.2, -0.15) is 5.10 Å². The number of hydrogen-bond acceptors (Lipinski definition) is 7. The lowest BCUT2D eigenvalue weighted by Gasteiger charge is -2.08. The van der Waals surface area contributed by atoms with Gasteiger partial charge >= 0.3 is 0 Å². The van der Waals surface area contributed by atoms with Crippen LogP contribution in [0.1, 0.15) is 6.92 Å². The number of methoxy groups -OCH3 is 2. The number of ether oxygens (including phenoxy) is 2. The van der Waals surface area contributed by atoms with Crippen molar-refractivity contribution < 1.29 is 14.6 Å². The maximum atomic E-state index is 10.6. The summed E-state index contributed by atoms with van der Waals surface area (Å²) in [5, 5.41) is 23.1. The van der Waals surface area contributed by atoms with Crippen molar-refractivity contribution in [2.45, 2.75) is 13.5 Å². The molecule has 9 nitrogen and oxygen atoms in total. The van der Waals surface area contributed by atoms with E-state index in [2.05, 4.69) is 15.1 Å². The Labute approximate surface area is 166 Å². The van der Waals surface area contributed by atoms with Crippen LogP contribution < -0.4 is 9.47 Å². The number of aromatic nitrogens is 5. The van der Waals surface area contributed by atoms with Gasteiger partial charge in [-0.3, -0.25) is 9.25 Å². The average Bonchev–Trinajstić information content (AvgIpc) is 3.30. The zero-order valence-corrected chi connectivity index (χ0v) is 16.2. The van der Waals surface area contributed by atoms with Crippen LogP contribution in [0.5, 0.6) is 17.5 Å². The summed E-state index contributed by atoms with van der Waals surface area (Å²) < 4.78 is 13.8. The van der Waals surface area contributed by atoms with Crippen LogP contribution in [0.3, 0.4) is 0 Å². The highest BCUT2D eigenvalue weighted by atomic mass is 16.5. The van der Waals surface area contributed by atoms with Crippen LogP contribution >= 0.6 is 0 Å². The minimum absolute atomic E-state index is 0.0793. The number of nitrogens with zero attached hydrogens (tertiary/aromatic N) is 5. The average molecular weight is 392 g/mol. The quantitative estimate of drug-likeness (QED) is 0.488. The summed E-state index contributed by atoms with van der Waals surface area (Å²) in [6.07, 6.45) is 6.83. The third-order valence-corrected chi connectivity index (χ3v) is 4.47. The van der Waals surface area contributed by atoms with Crippen LogP contribution in [0.25, 0.3) is 27.8 Å². The molecule has 4 rings (SSSR count). The molecular formula is C20H20N6O3. The van der Waals surface area contributed by atoms with Crippen molar-refractivity contribution in [3.8, 4) is 34.5 Å². The van der Waals surface area contributed by atoms with Gasteiger partial charge < -0.3 is 20.0 Å². The van der Waals surface area contributed by atoms with Gasteiger partial charge in [-0.05, 0) is 25.1 Å². The molecule has 4 aromatic heterocycles. The van der Waals surface area contributed by atoms with Crippen molar-refractivity contribution in [3.05, 3.63) is 43.0 Å². The number of hydrogen-bond donors (Lipinski definition) is 2. The molecule has 0 unspecified atom stereocenters. The molecule has 0 amide bonds. The second-order valence-electron chi connectivity index (χ2n) is 6.56. The Morgan fingerprint density at radius 3 is 2.72 bits per heavy atom. The predicted molar refractivity (Wildman–Crippen MR) is 108 cm³/mol. The molecule has 0 radical (unpaired) electrons. The molecule has 0 aliphatic rings. The lowest BCUT2D eigenvalue weighted by molar-refractivity contribution is 0.343. The molecule has 0 atom stereocenters. The Morgan fingerprint density at radius 1 is 1.17 bits per heavy atom. The molecule has 4 heterocycles. The molecule has 0 spiro atoms. The predicted octanol–water partition coefficient (Wildman–Crippen LogP) is 3.05. The Balaban J connectivity index is 1.74. The van der Waals surface area contributed by atoms with Crippen LogP contribution in [0.4, 0.5) is 0 Å². The van der Waals surface area contributed by atoms with Crippen molar-refractivity contribution in [1.29, 1.82) is 5.41 Å². The van der Waals surface area contributed by atoms with Gasteiger partial charge in [-0.25, -0.2) is 9.97 Å². The fourth-order valence-electron chi connectivity index (χ4n) is 3.11.